The first-order valence-electron chi connectivity index (χ1n) is 5.62. The molecule has 2 nitrogen and oxygen atoms in total. The van der Waals surface area contributed by atoms with Crippen LogP contribution in [0.15, 0.2) is 44.2 Å². The van der Waals surface area contributed by atoms with E-state index >= 15 is 0 Å². The molecule has 0 unspecified atom stereocenters. The number of allylic oxidation sites excluding steroid dienone is 8. The third kappa shape index (κ3) is 5.09. The summed E-state index contributed by atoms with van der Waals surface area (Å²) in [4.78, 5) is 0. The van der Waals surface area contributed by atoms with Crippen molar-refractivity contribution >= 4 is 4.31 Å². The van der Waals surface area contributed by atoms with E-state index in [0.29, 0.717) is 0 Å². The van der Waals surface area contributed by atoms with Crippen LogP contribution < -0.4 is 10.2 Å². The second kappa shape index (κ2) is 10.6. The molecule has 17 heavy (non-hydrogen) atoms. The first-order chi connectivity index (χ1) is 8.42. The molecule has 0 spiro atoms. The van der Waals surface area contributed by atoms with Crippen LogP contribution in [0.3, 0.4) is 0 Å². The van der Waals surface area contributed by atoms with Gasteiger partial charge in [0.15, 0.2) is 0 Å². The van der Waals surface area contributed by atoms with Gasteiger partial charge in [-0.2, -0.15) is 14.2 Å². The molecule has 0 aromatic rings. The second-order valence-electron chi connectivity index (χ2n) is 3.35. The Kier molecular flexibility index (Phi) is 10.3. The zero-order chi connectivity index (χ0) is 13.1. The molecule has 0 saturated heterocycles. The van der Waals surface area contributed by atoms with Crippen molar-refractivity contribution in [3.05, 3.63) is 44.2 Å². The van der Waals surface area contributed by atoms with Crippen LogP contribution in [0.5, 0.6) is 0 Å². The molecule has 0 fully saturated rings. The molecular formula is C14H20O2Ti. The van der Waals surface area contributed by atoms with Crippen LogP contribution in [0.4, 0.5) is 0 Å². The predicted octanol–water partition coefficient (Wildman–Crippen LogP) is 1.07. The first-order valence-corrected chi connectivity index (χ1v) is 8.08. The molecule has 0 amide bonds. The maximum Gasteiger partial charge on any atom is -0.153 e. The van der Waals surface area contributed by atoms with Crippen LogP contribution in [0.1, 0.15) is 19.8 Å². The topological polar surface area (TPSA) is 46.1 Å². The summed E-state index contributed by atoms with van der Waals surface area (Å²) in [6.07, 6.45) is 16.0. The maximum absolute atomic E-state index is 8.25. The summed E-state index contributed by atoms with van der Waals surface area (Å²) in [5.74, 6) is 0. The molecule has 0 aliphatic heterocycles. The third-order valence-corrected chi connectivity index (χ3v) is 6.74. The SMILES string of the molecule is C[CH]=[Ti+2]([C]1=CC=CC1)[C]1=CC=CC1.C[O-].C[O-]. The van der Waals surface area contributed by atoms with Crippen LogP contribution in [-0.4, -0.2) is 18.5 Å². The molecule has 2 aliphatic rings. The molecule has 0 heterocycles. The van der Waals surface area contributed by atoms with E-state index in [1.807, 2.05) is 0 Å². The molecular weight excluding hydrogens is 248 g/mol. The van der Waals surface area contributed by atoms with Crippen LogP contribution in [0.25, 0.3) is 0 Å². The minimum Gasteiger partial charge on any atom is -0.857 e. The first kappa shape index (κ1) is 16.5. The van der Waals surface area contributed by atoms with Crippen LogP contribution >= 0.6 is 0 Å². The van der Waals surface area contributed by atoms with Gasteiger partial charge in [0.2, 0.25) is 0 Å². The standard InChI is InChI=1S/2C5H5.C2H4.2CH3O.Ti/c2*1-2-4-5-3-1;3*1-2;/h2*1-3H,4H2;1H,2H3;2*1H3;/q;;;2*-1;+2. The predicted molar refractivity (Wildman–Crippen MR) is 67.3 cm³/mol. The van der Waals surface area contributed by atoms with E-state index in [-0.39, 0.29) is 0 Å². The Labute approximate surface area is 110 Å². The molecule has 2 aliphatic carbocycles. The summed E-state index contributed by atoms with van der Waals surface area (Å²) in [5, 5.41) is 16.5. The van der Waals surface area contributed by atoms with Gasteiger partial charge in [-0.1, -0.05) is 0 Å². The third-order valence-electron chi connectivity index (χ3n) is 2.52. The van der Waals surface area contributed by atoms with Crippen LogP contribution in [-0.2, 0) is 17.4 Å². The average molecular weight is 268 g/mol. The molecule has 0 bridgehead atoms. The van der Waals surface area contributed by atoms with E-state index in [2.05, 4.69) is 47.7 Å². The van der Waals surface area contributed by atoms with Gasteiger partial charge in [-0.15, -0.1) is 0 Å². The van der Waals surface area contributed by atoms with Gasteiger partial charge < -0.3 is 10.2 Å². The summed E-state index contributed by atoms with van der Waals surface area (Å²) >= 11 is -1.13. The van der Waals surface area contributed by atoms with Gasteiger partial charge in [-0.05, 0) is 0 Å². The Morgan fingerprint density at radius 2 is 1.35 bits per heavy atom. The van der Waals surface area contributed by atoms with Gasteiger partial charge in [-0.25, -0.2) is 0 Å². The molecule has 0 aromatic heterocycles. The fraction of sp³-hybridized carbons (Fsp3) is 0.357. The van der Waals surface area contributed by atoms with Gasteiger partial charge in [0.05, 0.1) is 0 Å². The average Bonchev–Trinajstić information content (AvgIpc) is 3.08. The summed E-state index contributed by atoms with van der Waals surface area (Å²) in [6.45, 7) is 2.23. The fourth-order valence-electron chi connectivity index (χ4n) is 1.87. The maximum atomic E-state index is 8.25. The second-order valence-corrected chi connectivity index (χ2v) is 7.55. The van der Waals surface area contributed by atoms with Crippen molar-refractivity contribution in [1.29, 1.82) is 0 Å². The van der Waals surface area contributed by atoms with Crippen molar-refractivity contribution in [3.63, 3.8) is 0 Å². The largest absolute Gasteiger partial charge is 0.857 e. The zero-order valence-corrected chi connectivity index (χ0v) is 12.3. The van der Waals surface area contributed by atoms with Crippen molar-refractivity contribution < 1.29 is 27.6 Å². The van der Waals surface area contributed by atoms with E-state index < -0.39 is 17.4 Å². The normalized spacial score (nSPS) is 14.6. The van der Waals surface area contributed by atoms with Crippen LogP contribution in [0.2, 0.25) is 0 Å². The fourth-order valence-corrected chi connectivity index (χ4v) is 5.59. The zero-order valence-electron chi connectivity index (χ0n) is 10.8. The number of rotatable bonds is 2. The van der Waals surface area contributed by atoms with E-state index in [9.17, 15) is 0 Å². The van der Waals surface area contributed by atoms with E-state index in [4.69, 9.17) is 10.2 Å². The van der Waals surface area contributed by atoms with Crippen molar-refractivity contribution in [3.8, 4) is 0 Å². The van der Waals surface area contributed by atoms with E-state index in [1.54, 1.807) is 7.76 Å². The summed E-state index contributed by atoms with van der Waals surface area (Å²) < 4.78 is 5.88. The monoisotopic (exact) mass is 268 g/mol. The molecule has 2 rings (SSSR count). The molecule has 0 saturated carbocycles. The Morgan fingerprint density at radius 3 is 1.59 bits per heavy atom. The Morgan fingerprint density at radius 1 is 0.941 bits per heavy atom. The van der Waals surface area contributed by atoms with Crippen molar-refractivity contribution in [1.82, 2.24) is 0 Å². The van der Waals surface area contributed by atoms with E-state index in [1.165, 1.54) is 12.8 Å². The summed E-state index contributed by atoms with van der Waals surface area (Å²) in [5.41, 5.74) is 0. The smallest absolute Gasteiger partial charge is 0.153 e. The molecule has 3 heteroatoms. The Hall–Kier alpha value is -0.536. The van der Waals surface area contributed by atoms with Crippen molar-refractivity contribution in [2.75, 3.05) is 14.2 Å². The minimum absolute atomic E-state index is 0.750. The number of hydrogen-bond donors (Lipinski definition) is 0. The summed E-state index contributed by atoms with van der Waals surface area (Å²) in [7, 11) is 1.50. The van der Waals surface area contributed by atoms with E-state index in [0.717, 1.165) is 14.2 Å². The molecule has 92 valence electrons. The van der Waals surface area contributed by atoms with Crippen molar-refractivity contribution in [2.45, 2.75) is 19.8 Å². The van der Waals surface area contributed by atoms with Gasteiger partial charge in [0, 0.05) is 0 Å². The molecule has 0 atom stereocenters. The van der Waals surface area contributed by atoms with Gasteiger partial charge >= 0.3 is 85.7 Å². The number of hydrogen-bond acceptors (Lipinski definition) is 2. The molecule has 0 N–H and O–H groups in total. The molecule has 0 radical (unpaired) electrons. The Bertz CT molecular complexity index is 328. The quantitative estimate of drug-likeness (QED) is 0.703. The minimum atomic E-state index is -1.13. The summed E-state index contributed by atoms with van der Waals surface area (Å²) in [6, 6.07) is 0. The van der Waals surface area contributed by atoms with Crippen LogP contribution in [0, 0.1) is 0 Å². The molecule has 0 aromatic carbocycles. The van der Waals surface area contributed by atoms with Gasteiger partial charge in [0.1, 0.15) is 0 Å². The Balaban J connectivity index is 0.000000581. The van der Waals surface area contributed by atoms with Gasteiger partial charge in [0.25, 0.3) is 0 Å². The van der Waals surface area contributed by atoms with Gasteiger partial charge in [-0.3, -0.25) is 0 Å². The van der Waals surface area contributed by atoms with Crippen molar-refractivity contribution in [2.24, 2.45) is 0 Å².